The summed E-state index contributed by atoms with van der Waals surface area (Å²) < 4.78 is 0.686. The van der Waals surface area contributed by atoms with Gasteiger partial charge in [-0.2, -0.15) is 0 Å². The fourth-order valence-electron chi connectivity index (χ4n) is 3.32. The van der Waals surface area contributed by atoms with Crippen LogP contribution in [0.15, 0.2) is 42.7 Å². The number of nitrogens with zero attached hydrogens (tertiary/aromatic N) is 3. The molecular weight excluding hydrogens is 452 g/mol. The lowest BCUT2D eigenvalue weighted by Gasteiger charge is -2.32. The maximum absolute atomic E-state index is 12.5. The molecule has 4 N–H and O–H groups in total. The highest BCUT2D eigenvalue weighted by Gasteiger charge is 2.35. The molecule has 0 spiro atoms. The molecule has 3 heterocycles. The molecule has 11 heteroatoms. The van der Waals surface area contributed by atoms with Gasteiger partial charge in [0.1, 0.15) is 18.2 Å². The Labute approximate surface area is 192 Å². The van der Waals surface area contributed by atoms with Gasteiger partial charge in [-0.3, -0.25) is 14.4 Å². The Balaban J connectivity index is 1.39. The van der Waals surface area contributed by atoms with Crippen molar-refractivity contribution in [3.05, 3.63) is 57.5 Å². The number of nitrogens with one attached hydrogen (secondary N) is 2. The first-order chi connectivity index (χ1) is 15.4. The molecule has 1 unspecified atom stereocenters. The van der Waals surface area contributed by atoms with E-state index in [1.807, 2.05) is 12.1 Å². The summed E-state index contributed by atoms with van der Waals surface area (Å²) in [5.41, 5.74) is 7.24. The molecule has 0 aliphatic carbocycles. The average molecular weight is 471 g/mol. The van der Waals surface area contributed by atoms with Crippen LogP contribution in [0.1, 0.15) is 10.4 Å². The zero-order valence-corrected chi connectivity index (χ0v) is 18.3. The molecular formula is C21H19ClN6O3S. The molecule has 3 aromatic rings. The molecule has 0 bridgehead atoms. The minimum atomic E-state index is -0.844. The molecule has 2 aromatic heterocycles. The van der Waals surface area contributed by atoms with Gasteiger partial charge in [0.2, 0.25) is 5.91 Å². The van der Waals surface area contributed by atoms with Crippen LogP contribution in [0.25, 0.3) is 17.0 Å². The number of anilines is 1. The van der Waals surface area contributed by atoms with E-state index in [0.717, 1.165) is 10.4 Å². The molecule has 1 aromatic carbocycles. The lowest BCUT2D eigenvalue weighted by atomic mass is 10.1. The molecule has 1 fully saturated rings. The van der Waals surface area contributed by atoms with Crippen LogP contribution in [-0.4, -0.2) is 51.7 Å². The summed E-state index contributed by atoms with van der Waals surface area (Å²) in [6, 6.07) is 8.17. The number of nitrogens with two attached hydrogens (primary N) is 1. The number of hydrogen-bond acceptors (Lipinski definition) is 7. The van der Waals surface area contributed by atoms with Crippen molar-refractivity contribution in [2.75, 3.05) is 18.8 Å². The molecule has 32 heavy (non-hydrogen) atoms. The second-order valence-electron chi connectivity index (χ2n) is 7.11. The zero-order valence-electron chi connectivity index (χ0n) is 16.7. The first-order valence-corrected chi connectivity index (χ1v) is 10.9. The smallest absolute Gasteiger partial charge is 0.312 e. The summed E-state index contributed by atoms with van der Waals surface area (Å²) >= 11 is 7.32. The Kier molecular flexibility index (Phi) is 6.33. The minimum absolute atomic E-state index is 0.0601. The summed E-state index contributed by atoms with van der Waals surface area (Å²) in [5, 5.41) is 5.91. The molecule has 0 saturated carbocycles. The van der Waals surface area contributed by atoms with E-state index in [-0.39, 0.29) is 25.5 Å². The van der Waals surface area contributed by atoms with Gasteiger partial charge in [0.25, 0.3) is 0 Å². The Morgan fingerprint density at radius 3 is 2.94 bits per heavy atom. The third-order valence-electron chi connectivity index (χ3n) is 4.88. The van der Waals surface area contributed by atoms with E-state index in [2.05, 4.69) is 20.6 Å². The van der Waals surface area contributed by atoms with Crippen molar-refractivity contribution in [1.82, 2.24) is 25.5 Å². The van der Waals surface area contributed by atoms with Crippen LogP contribution in [0, 0.1) is 0 Å². The molecule has 164 valence electrons. The van der Waals surface area contributed by atoms with Gasteiger partial charge >= 0.3 is 11.8 Å². The van der Waals surface area contributed by atoms with Crippen molar-refractivity contribution in [2.24, 2.45) is 0 Å². The number of nitrogen functional groups attached to an aromatic ring is 1. The monoisotopic (exact) mass is 470 g/mol. The fraction of sp³-hybridized carbons (Fsp3) is 0.190. The number of thiophene rings is 1. The second kappa shape index (κ2) is 9.33. The van der Waals surface area contributed by atoms with E-state index >= 15 is 0 Å². The minimum Gasteiger partial charge on any atom is -0.383 e. The highest BCUT2D eigenvalue weighted by molar-refractivity contribution is 7.16. The molecule has 1 aliphatic heterocycles. The Morgan fingerprint density at radius 1 is 1.31 bits per heavy atom. The van der Waals surface area contributed by atoms with Crippen LogP contribution >= 0.6 is 22.9 Å². The molecule has 9 nitrogen and oxygen atoms in total. The number of carbonyl (C=O) groups is 3. The van der Waals surface area contributed by atoms with E-state index < -0.39 is 17.9 Å². The molecule has 0 radical (unpaired) electrons. The van der Waals surface area contributed by atoms with Gasteiger partial charge in [-0.05, 0) is 35.9 Å². The van der Waals surface area contributed by atoms with Crippen molar-refractivity contribution in [2.45, 2.75) is 12.6 Å². The van der Waals surface area contributed by atoms with Gasteiger partial charge in [0.05, 0.1) is 16.4 Å². The fourth-order valence-corrected chi connectivity index (χ4v) is 4.31. The van der Waals surface area contributed by atoms with Crippen LogP contribution in [-0.2, 0) is 20.9 Å². The van der Waals surface area contributed by atoms with Crippen LogP contribution in [0.3, 0.4) is 0 Å². The number of hydrogen-bond donors (Lipinski definition) is 3. The number of benzene rings is 1. The highest BCUT2D eigenvalue weighted by atomic mass is 35.5. The van der Waals surface area contributed by atoms with E-state index in [1.54, 1.807) is 30.3 Å². The third-order valence-corrected chi connectivity index (χ3v) is 6.08. The summed E-state index contributed by atoms with van der Waals surface area (Å²) in [7, 11) is 0. The quantitative estimate of drug-likeness (QED) is 0.469. The Hall–Kier alpha value is -3.50. The van der Waals surface area contributed by atoms with Gasteiger partial charge in [-0.25, -0.2) is 9.97 Å². The predicted molar refractivity (Wildman–Crippen MR) is 123 cm³/mol. The topological polar surface area (TPSA) is 130 Å². The van der Waals surface area contributed by atoms with Gasteiger partial charge < -0.3 is 21.3 Å². The summed E-state index contributed by atoms with van der Waals surface area (Å²) in [4.78, 5) is 47.5. The number of carbonyl (C=O) groups excluding carboxylic acids is 3. The average Bonchev–Trinajstić information content (AvgIpc) is 3.19. The highest BCUT2D eigenvalue weighted by Crippen LogP contribution is 2.22. The van der Waals surface area contributed by atoms with Crippen LogP contribution in [0.5, 0.6) is 0 Å². The molecule has 1 saturated heterocycles. The van der Waals surface area contributed by atoms with E-state index in [9.17, 15) is 14.4 Å². The van der Waals surface area contributed by atoms with Gasteiger partial charge in [0.15, 0.2) is 0 Å². The van der Waals surface area contributed by atoms with E-state index in [1.165, 1.54) is 22.6 Å². The van der Waals surface area contributed by atoms with Crippen LogP contribution < -0.4 is 16.4 Å². The maximum Gasteiger partial charge on any atom is 0.312 e. The SMILES string of the molecule is Nc1ncnc2cc(CN3CC(C(=O)NCC=Cc4ccc(Cl)s4)NC(=O)C3=O)ccc12. The van der Waals surface area contributed by atoms with Gasteiger partial charge in [-0.15, -0.1) is 11.3 Å². The summed E-state index contributed by atoms with van der Waals surface area (Å²) in [6.45, 7) is 0.500. The first-order valence-electron chi connectivity index (χ1n) is 9.69. The van der Waals surface area contributed by atoms with E-state index in [0.29, 0.717) is 21.1 Å². The number of piperazine rings is 1. The lowest BCUT2D eigenvalue weighted by molar-refractivity contribution is -0.151. The first kappa shape index (κ1) is 21.7. The number of fused-ring (bicyclic) bond motifs is 1. The van der Waals surface area contributed by atoms with Gasteiger partial charge in [0, 0.05) is 23.4 Å². The van der Waals surface area contributed by atoms with E-state index in [4.69, 9.17) is 17.3 Å². The summed E-state index contributed by atoms with van der Waals surface area (Å²) in [5.74, 6) is -1.51. The van der Waals surface area contributed by atoms with Crippen molar-refractivity contribution >= 4 is 63.5 Å². The van der Waals surface area contributed by atoms with Gasteiger partial charge in [-0.1, -0.05) is 23.7 Å². The zero-order chi connectivity index (χ0) is 22.7. The molecule has 1 aliphatic rings. The number of aromatic nitrogens is 2. The van der Waals surface area contributed by atoms with Crippen LogP contribution in [0.2, 0.25) is 4.34 Å². The maximum atomic E-state index is 12.5. The summed E-state index contributed by atoms with van der Waals surface area (Å²) in [6.07, 6.45) is 5.00. The molecule has 3 amide bonds. The molecule has 4 rings (SSSR count). The number of halogens is 1. The second-order valence-corrected chi connectivity index (χ2v) is 8.86. The standard InChI is InChI=1S/C21H19ClN6O3S/c22-17-6-4-13(32-17)2-1-7-24-19(29)16-10-28(21(31)20(30)27-16)9-12-3-5-14-15(8-12)25-11-26-18(14)23/h1-6,8,11,16H,7,9-10H2,(H,24,29)(H,27,30)(H2,23,25,26). The Bertz CT molecular complexity index is 1230. The third kappa shape index (κ3) is 4.87. The normalized spacial score (nSPS) is 16.5. The largest absolute Gasteiger partial charge is 0.383 e. The van der Waals surface area contributed by atoms with Crippen molar-refractivity contribution in [1.29, 1.82) is 0 Å². The lowest BCUT2D eigenvalue weighted by Crippen LogP contribution is -2.61. The number of rotatable bonds is 6. The Morgan fingerprint density at radius 2 is 2.16 bits per heavy atom. The van der Waals surface area contributed by atoms with Crippen LogP contribution in [0.4, 0.5) is 5.82 Å². The molecule has 1 atom stereocenters. The predicted octanol–water partition coefficient (Wildman–Crippen LogP) is 1.58. The van der Waals surface area contributed by atoms with Crippen molar-refractivity contribution in [3.63, 3.8) is 0 Å². The number of amides is 3. The van der Waals surface area contributed by atoms with Crippen molar-refractivity contribution in [3.8, 4) is 0 Å². The van der Waals surface area contributed by atoms with Crippen molar-refractivity contribution < 1.29 is 14.4 Å².